The molecule has 0 aromatic heterocycles. The number of carbonyl (C=O) groups excluding carboxylic acids is 1. The zero-order valence-electron chi connectivity index (χ0n) is 12.0. The number of benzene rings is 1. The first kappa shape index (κ1) is 13.9. The van der Waals surface area contributed by atoms with Crippen molar-refractivity contribution in [3.8, 4) is 0 Å². The second-order valence-corrected chi connectivity index (χ2v) is 5.22. The zero-order valence-corrected chi connectivity index (χ0v) is 12.0. The SMILES string of the molecule is CNCC1C(=O)N(C)CCCN1c1cccc(C)c1. The molecule has 1 saturated heterocycles. The Kier molecular flexibility index (Phi) is 4.43. The average molecular weight is 261 g/mol. The van der Waals surface area contributed by atoms with E-state index in [2.05, 4.69) is 41.4 Å². The molecule has 0 bridgehead atoms. The van der Waals surface area contributed by atoms with Crippen LogP contribution in [0.25, 0.3) is 0 Å². The lowest BCUT2D eigenvalue weighted by molar-refractivity contribution is -0.130. The molecule has 104 valence electrons. The van der Waals surface area contributed by atoms with Gasteiger partial charge in [-0.2, -0.15) is 0 Å². The second kappa shape index (κ2) is 6.06. The molecule has 4 heteroatoms. The summed E-state index contributed by atoms with van der Waals surface area (Å²) in [6.07, 6.45) is 1.01. The number of rotatable bonds is 3. The van der Waals surface area contributed by atoms with Crippen molar-refractivity contribution in [2.45, 2.75) is 19.4 Å². The van der Waals surface area contributed by atoms with Crippen LogP contribution in [-0.4, -0.2) is 50.6 Å². The Morgan fingerprint density at radius 2 is 2.16 bits per heavy atom. The largest absolute Gasteiger partial charge is 0.358 e. The van der Waals surface area contributed by atoms with Crippen LogP contribution in [0.3, 0.4) is 0 Å². The highest BCUT2D eigenvalue weighted by Gasteiger charge is 2.30. The fraction of sp³-hybridized carbons (Fsp3) is 0.533. The van der Waals surface area contributed by atoms with E-state index >= 15 is 0 Å². The van der Waals surface area contributed by atoms with Gasteiger partial charge in [0, 0.05) is 32.4 Å². The molecule has 1 amide bonds. The van der Waals surface area contributed by atoms with Gasteiger partial charge in [-0.3, -0.25) is 4.79 Å². The van der Waals surface area contributed by atoms with Crippen molar-refractivity contribution in [2.75, 3.05) is 38.6 Å². The number of aryl methyl sites for hydroxylation is 1. The van der Waals surface area contributed by atoms with Gasteiger partial charge in [-0.15, -0.1) is 0 Å². The number of nitrogens with zero attached hydrogens (tertiary/aromatic N) is 2. The Hall–Kier alpha value is -1.55. The normalized spacial score (nSPS) is 20.6. The third kappa shape index (κ3) is 3.07. The molecule has 1 aromatic carbocycles. The Morgan fingerprint density at radius 1 is 1.37 bits per heavy atom. The van der Waals surface area contributed by atoms with Crippen LogP contribution in [0.1, 0.15) is 12.0 Å². The highest BCUT2D eigenvalue weighted by molar-refractivity contribution is 5.86. The van der Waals surface area contributed by atoms with Gasteiger partial charge in [0.05, 0.1) is 0 Å². The maximum absolute atomic E-state index is 12.4. The van der Waals surface area contributed by atoms with Gasteiger partial charge in [-0.1, -0.05) is 12.1 Å². The van der Waals surface area contributed by atoms with Gasteiger partial charge in [0.2, 0.25) is 5.91 Å². The van der Waals surface area contributed by atoms with Crippen LogP contribution >= 0.6 is 0 Å². The molecule has 1 N–H and O–H groups in total. The van der Waals surface area contributed by atoms with Gasteiger partial charge in [-0.05, 0) is 38.1 Å². The molecule has 1 atom stereocenters. The van der Waals surface area contributed by atoms with E-state index in [-0.39, 0.29) is 11.9 Å². The van der Waals surface area contributed by atoms with E-state index in [1.165, 1.54) is 5.56 Å². The molecule has 1 unspecified atom stereocenters. The molecule has 1 heterocycles. The predicted octanol–water partition coefficient (Wildman–Crippen LogP) is 1.25. The molecular formula is C15H23N3O. The minimum atomic E-state index is -0.112. The van der Waals surface area contributed by atoms with Gasteiger partial charge in [-0.25, -0.2) is 0 Å². The van der Waals surface area contributed by atoms with Gasteiger partial charge in [0.1, 0.15) is 6.04 Å². The second-order valence-electron chi connectivity index (χ2n) is 5.22. The Bertz CT molecular complexity index is 447. The summed E-state index contributed by atoms with van der Waals surface area (Å²) in [6, 6.07) is 8.28. The van der Waals surface area contributed by atoms with Gasteiger partial charge in [0.15, 0.2) is 0 Å². The maximum atomic E-state index is 12.4. The van der Waals surface area contributed by atoms with Crippen molar-refractivity contribution >= 4 is 11.6 Å². The van der Waals surface area contributed by atoms with Crippen LogP contribution in [0.15, 0.2) is 24.3 Å². The molecule has 1 aliphatic heterocycles. The lowest BCUT2D eigenvalue weighted by Gasteiger charge is -2.31. The molecule has 4 nitrogen and oxygen atoms in total. The molecule has 0 saturated carbocycles. The highest BCUT2D eigenvalue weighted by Crippen LogP contribution is 2.21. The third-order valence-electron chi connectivity index (χ3n) is 3.66. The molecule has 0 aliphatic carbocycles. The van der Waals surface area contributed by atoms with Crippen molar-refractivity contribution < 1.29 is 4.79 Å². The first-order valence-electron chi connectivity index (χ1n) is 6.86. The fourth-order valence-electron chi connectivity index (χ4n) is 2.64. The summed E-state index contributed by atoms with van der Waals surface area (Å²) in [4.78, 5) is 16.5. The first-order valence-corrected chi connectivity index (χ1v) is 6.86. The van der Waals surface area contributed by atoms with Crippen molar-refractivity contribution in [3.05, 3.63) is 29.8 Å². The number of nitrogens with one attached hydrogen (secondary N) is 1. The summed E-state index contributed by atoms with van der Waals surface area (Å²) < 4.78 is 0. The summed E-state index contributed by atoms with van der Waals surface area (Å²) in [5, 5.41) is 3.14. The van der Waals surface area contributed by atoms with Crippen LogP contribution < -0.4 is 10.2 Å². The molecular weight excluding hydrogens is 238 g/mol. The van der Waals surface area contributed by atoms with E-state index in [1.54, 1.807) is 0 Å². The van der Waals surface area contributed by atoms with Crippen molar-refractivity contribution in [3.63, 3.8) is 0 Å². The first-order chi connectivity index (χ1) is 9.13. The van der Waals surface area contributed by atoms with E-state index in [9.17, 15) is 4.79 Å². The monoisotopic (exact) mass is 261 g/mol. The molecule has 1 fully saturated rings. The molecule has 19 heavy (non-hydrogen) atoms. The maximum Gasteiger partial charge on any atom is 0.246 e. The van der Waals surface area contributed by atoms with Crippen molar-refractivity contribution in [1.29, 1.82) is 0 Å². The summed E-state index contributed by atoms with van der Waals surface area (Å²) >= 11 is 0. The van der Waals surface area contributed by atoms with Gasteiger partial charge < -0.3 is 15.1 Å². The van der Waals surface area contributed by atoms with Crippen molar-refractivity contribution in [1.82, 2.24) is 10.2 Å². The summed E-state index contributed by atoms with van der Waals surface area (Å²) in [5.74, 6) is 0.202. The highest BCUT2D eigenvalue weighted by atomic mass is 16.2. The Balaban J connectivity index is 2.31. The summed E-state index contributed by atoms with van der Waals surface area (Å²) in [6.45, 7) is 4.52. The standard InChI is InChI=1S/C15H23N3O/c1-12-6-4-7-13(10-12)18-9-5-8-17(3)15(19)14(18)11-16-2/h4,6-7,10,14,16H,5,8-9,11H2,1-3H3. The number of carbonyl (C=O) groups is 1. The predicted molar refractivity (Wildman–Crippen MR) is 78.5 cm³/mol. The molecule has 0 spiro atoms. The minimum absolute atomic E-state index is 0.112. The minimum Gasteiger partial charge on any atom is -0.358 e. The van der Waals surface area contributed by atoms with E-state index in [0.29, 0.717) is 6.54 Å². The van der Waals surface area contributed by atoms with Gasteiger partial charge in [0.25, 0.3) is 0 Å². The average Bonchev–Trinajstić information content (AvgIpc) is 2.53. The number of hydrogen-bond donors (Lipinski definition) is 1. The zero-order chi connectivity index (χ0) is 13.8. The van der Waals surface area contributed by atoms with E-state index in [1.807, 2.05) is 19.0 Å². The number of likely N-dealkylation sites (N-methyl/N-ethyl adjacent to an activating group) is 2. The van der Waals surface area contributed by atoms with E-state index in [4.69, 9.17) is 0 Å². The number of amides is 1. The van der Waals surface area contributed by atoms with Crippen LogP contribution in [-0.2, 0) is 4.79 Å². The van der Waals surface area contributed by atoms with E-state index in [0.717, 1.165) is 25.2 Å². The lowest BCUT2D eigenvalue weighted by Crippen LogP contribution is -2.50. The Labute approximate surface area is 115 Å². The van der Waals surface area contributed by atoms with E-state index < -0.39 is 0 Å². The van der Waals surface area contributed by atoms with Crippen LogP contribution in [0.4, 0.5) is 5.69 Å². The fourth-order valence-corrected chi connectivity index (χ4v) is 2.64. The number of anilines is 1. The van der Waals surface area contributed by atoms with Crippen molar-refractivity contribution in [2.24, 2.45) is 0 Å². The molecule has 0 radical (unpaired) electrons. The smallest absolute Gasteiger partial charge is 0.246 e. The van der Waals surface area contributed by atoms with Crippen LogP contribution in [0.5, 0.6) is 0 Å². The van der Waals surface area contributed by atoms with Gasteiger partial charge >= 0.3 is 0 Å². The quantitative estimate of drug-likeness (QED) is 0.889. The summed E-state index contributed by atoms with van der Waals surface area (Å²) in [7, 11) is 3.79. The third-order valence-corrected chi connectivity index (χ3v) is 3.66. The molecule has 2 rings (SSSR count). The lowest BCUT2D eigenvalue weighted by atomic mass is 10.1. The Morgan fingerprint density at radius 3 is 2.84 bits per heavy atom. The van der Waals surface area contributed by atoms with Crippen LogP contribution in [0, 0.1) is 6.92 Å². The van der Waals surface area contributed by atoms with Crippen LogP contribution in [0.2, 0.25) is 0 Å². The molecule has 1 aromatic rings. The summed E-state index contributed by atoms with van der Waals surface area (Å²) in [5.41, 5.74) is 2.37. The number of hydrogen-bond acceptors (Lipinski definition) is 3. The molecule has 1 aliphatic rings. The topological polar surface area (TPSA) is 35.6 Å².